The van der Waals surface area contributed by atoms with Crippen LogP contribution in [-0.2, 0) is 6.42 Å². The van der Waals surface area contributed by atoms with Gasteiger partial charge in [-0.1, -0.05) is 18.2 Å². The summed E-state index contributed by atoms with van der Waals surface area (Å²) in [5, 5.41) is 0. The highest BCUT2D eigenvalue weighted by atomic mass is 16.5. The van der Waals surface area contributed by atoms with E-state index in [-0.39, 0.29) is 6.04 Å². The fraction of sp³-hybridized carbons (Fsp3) is 0.267. The second-order valence-electron chi connectivity index (χ2n) is 4.25. The summed E-state index contributed by atoms with van der Waals surface area (Å²) in [5.74, 6) is 6.52. The summed E-state index contributed by atoms with van der Waals surface area (Å²) in [7, 11) is 0. The Balaban J connectivity index is 2.15. The Morgan fingerprint density at radius 3 is 2.84 bits per heavy atom. The summed E-state index contributed by atoms with van der Waals surface area (Å²) in [4.78, 5) is 4.32. The van der Waals surface area contributed by atoms with Gasteiger partial charge in [-0.2, -0.15) is 0 Å². The molecule has 1 atom stereocenters. The predicted molar refractivity (Wildman–Crippen MR) is 75.6 cm³/mol. The van der Waals surface area contributed by atoms with Crippen LogP contribution in [0, 0.1) is 0 Å². The quantitative estimate of drug-likeness (QED) is 0.615. The zero-order valence-electron chi connectivity index (χ0n) is 11.0. The first-order chi connectivity index (χ1) is 9.33. The molecular formula is C15H19N3O. The highest BCUT2D eigenvalue weighted by Gasteiger charge is 2.11. The first kappa shape index (κ1) is 13.5. The number of ether oxygens (including phenoxy) is 1. The van der Waals surface area contributed by atoms with Crippen LogP contribution in [0.2, 0.25) is 0 Å². The molecule has 0 aliphatic carbocycles. The summed E-state index contributed by atoms with van der Waals surface area (Å²) in [6.45, 7) is 2.63. The van der Waals surface area contributed by atoms with E-state index >= 15 is 0 Å². The topological polar surface area (TPSA) is 60.2 Å². The van der Waals surface area contributed by atoms with Crippen LogP contribution in [0.4, 0.5) is 0 Å². The first-order valence-corrected chi connectivity index (χ1v) is 6.42. The van der Waals surface area contributed by atoms with Gasteiger partial charge in [0.05, 0.1) is 12.6 Å². The van der Waals surface area contributed by atoms with Crippen molar-refractivity contribution < 1.29 is 4.74 Å². The van der Waals surface area contributed by atoms with E-state index in [0.717, 1.165) is 23.4 Å². The summed E-state index contributed by atoms with van der Waals surface area (Å²) in [6, 6.07) is 13.9. The number of pyridine rings is 1. The van der Waals surface area contributed by atoms with Crippen molar-refractivity contribution in [1.82, 2.24) is 10.4 Å². The van der Waals surface area contributed by atoms with E-state index in [4.69, 9.17) is 10.6 Å². The number of hydrazine groups is 1. The Morgan fingerprint density at radius 1 is 1.26 bits per heavy atom. The third-order valence-corrected chi connectivity index (χ3v) is 2.91. The van der Waals surface area contributed by atoms with Gasteiger partial charge < -0.3 is 4.74 Å². The van der Waals surface area contributed by atoms with E-state index in [1.807, 2.05) is 49.4 Å². The van der Waals surface area contributed by atoms with Gasteiger partial charge in [-0.3, -0.25) is 16.3 Å². The van der Waals surface area contributed by atoms with Gasteiger partial charge in [0.1, 0.15) is 5.75 Å². The van der Waals surface area contributed by atoms with E-state index in [1.54, 1.807) is 6.20 Å². The molecule has 1 aromatic heterocycles. The third kappa shape index (κ3) is 3.77. The SMILES string of the molecule is CCOc1cccc(C(Cc2ccccn2)NN)c1. The van der Waals surface area contributed by atoms with E-state index in [0.29, 0.717) is 6.61 Å². The largest absolute Gasteiger partial charge is 0.494 e. The summed E-state index contributed by atoms with van der Waals surface area (Å²) < 4.78 is 5.51. The summed E-state index contributed by atoms with van der Waals surface area (Å²) in [5.41, 5.74) is 4.94. The maximum atomic E-state index is 5.66. The summed E-state index contributed by atoms with van der Waals surface area (Å²) >= 11 is 0. The molecule has 1 unspecified atom stereocenters. The maximum Gasteiger partial charge on any atom is 0.119 e. The van der Waals surface area contributed by atoms with Gasteiger partial charge in [-0.15, -0.1) is 0 Å². The molecule has 2 aromatic rings. The molecule has 0 saturated carbocycles. The van der Waals surface area contributed by atoms with Crippen molar-refractivity contribution >= 4 is 0 Å². The smallest absolute Gasteiger partial charge is 0.119 e. The van der Waals surface area contributed by atoms with Gasteiger partial charge in [-0.25, -0.2) is 0 Å². The van der Waals surface area contributed by atoms with E-state index < -0.39 is 0 Å². The number of hydrogen-bond donors (Lipinski definition) is 2. The number of aromatic nitrogens is 1. The minimum atomic E-state index is 0.0234. The van der Waals surface area contributed by atoms with Gasteiger partial charge in [-0.05, 0) is 36.8 Å². The molecule has 4 heteroatoms. The Morgan fingerprint density at radius 2 is 2.16 bits per heavy atom. The van der Waals surface area contributed by atoms with Gasteiger partial charge >= 0.3 is 0 Å². The van der Waals surface area contributed by atoms with Crippen LogP contribution in [0.15, 0.2) is 48.7 Å². The number of rotatable bonds is 6. The number of hydrogen-bond acceptors (Lipinski definition) is 4. The van der Waals surface area contributed by atoms with Crippen molar-refractivity contribution in [2.75, 3.05) is 6.61 Å². The molecule has 4 nitrogen and oxygen atoms in total. The Kier molecular flexibility index (Phi) is 4.89. The first-order valence-electron chi connectivity index (χ1n) is 6.42. The molecule has 0 spiro atoms. The second-order valence-corrected chi connectivity index (χ2v) is 4.25. The maximum absolute atomic E-state index is 5.66. The monoisotopic (exact) mass is 257 g/mol. The molecule has 1 aromatic carbocycles. The second kappa shape index (κ2) is 6.87. The fourth-order valence-electron chi connectivity index (χ4n) is 1.99. The fourth-order valence-corrected chi connectivity index (χ4v) is 1.99. The molecule has 3 N–H and O–H groups in total. The molecule has 0 fully saturated rings. The Bertz CT molecular complexity index is 502. The highest BCUT2D eigenvalue weighted by Crippen LogP contribution is 2.21. The minimum Gasteiger partial charge on any atom is -0.494 e. The van der Waals surface area contributed by atoms with Crippen LogP contribution in [0.5, 0.6) is 5.75 Å². The molecule has 2 rings (SSSR count). The van der Waals surface area contributed by atoms with Gasteiger partial charge in [0, 0.05) is 18.3 Å². The van der Waals surface area contributed by atoms with Crippen molar-refractivity contribution in [3.05, 3.63) is 59.9 Å². The zero-order chi connectivity index (χ0) is 13.5. The lowest BCUT2D eigenvalue weighted by Gasteiger charge is -2.17. The molecule has 100 valence electrons. The van der Waals surface area contributed by atoms with Gasteiger partial charge in [0.15, 0.2) is 0 Å². The molecule has 1 heterocycles. The summed E-state index contributed by atoms with van der Waals surface area (Å²) in [6.07, 6.45) is 2.53. The van der Waals surface area contributed by atoms with Crippen LogP contribution < -0.4 is 16.0 Å². The van der Waals surface area contributed by atoms with Crippen molar-refractivity contribution in [2.24, 2.45) is 5.84 Å². The standard InChI is InChI=1S/C15H19N3O/c1-2-19-14-8-5-6-12(10-14)15(18-16)11-13-7-3-4-9-17-13/h3-10,15,18H,2,11,16H2,1H3. The average Bonchev–Trinajstić information content (AvgIpc) is 2.46. The van der Waals surface area contributed by atoms with Crippen LogP contribution in [0.3, 0.4) is 0 Å². The zero-order valence-corrected chi connectivity index (χ0v) is 11.0. The molecule has 0 amide bonds. The van der Waals surface area contributed by atoms with E-state index in [2.05, 4.69) is 10.4 Å². The molecule has 0 aliphatic heterocycles. The van der Waals surface area contributed by atoms with Crippen molar-refractivity contribution in [1.29, 1.82) is 0 Å². The van der Waals surface area contributed by atoms with Crippen LogP contribution in [0.1, 0.15) is 24.2 Å². The third-order valence-electron chi connectivity index (χ3n) is 2.91. The van der Waals surface area contributed by atoms with Crippen molar-refractivity contribution in [3.8, 4) is 5.75 Å². The minimum absolute atomic E-state index is 0.0234. The Hall–Kier alpha value is -1.91. The lowest BCUT2D eigenvalue weighted by molar-refractivity contribution is 0.339. The lowest BCUT2D eigenvalue weighted by atomic mass is 10.0. The van der Waals surface area contributed by atoms with E-state index in [9.17, 15) is 0 Å². The predicted octanol–water partition coefficient (Wildman–Crippen LogP) is 2.23. The highest BCUT2D eigenvalue weighted by molar-refractivity contribution is 5.31. The molecule has 19 heavy (non-hydrogen) atoms. The molecular weight excluding hydrogens is 238 g/mol. The lowest BCUT2D eigenvalue weighted by Crippen LogP contribution is -2.29. The van der Waals surface area contributed by atoms with Gasteiger partial charge in [0.25, 0.3) is 0 Å². The van der Waals surface area contributed by atoms with E-state index in [1.165, 1.54) is 0 Å². The molecule has 0 aliphatic rings. The van der Waals surface area contributed by atoms with Crippen LogP contribution in [0.25, 0.3) is 0 Å². The normalized spacial score (nSPS) is 12.1. The number of benzene rings is 1. The van der Waals surface area contributed by atoms with Crippen molar-refractivity contribution in [2.45, 2.75) is 19.4 Å². The van der Waals surface area contributed by atoms with Crippen LogP contribution in [-0.4, -0.2) is 11.6 Å². The molecule has 0 saturated heterocycles. The van der Waals surface area contributed by atoms with Crippen molar-refractivity contribution in [3.63, 3.8) is 0 Å². The van der Waals surface area contributed by atoms with Gasteiger partial charge in [0.2, 0.25) is 0 Å². The van der Waals surface area contributed by atoms with Crippen LogP contribution >= 0.6 is 0 Å². The number of nitrogens with two attached hydrogens (primary N) is 1. The number of nitrogens with one attached hydrogen (secondary N) is 1. The molecule has 0 bridgehead atoms. The Labute approximate surface area is 113 Å². The average molecular weight is 257 g/mol. The number of nitrogens with zero attached hydrogens (tertiary/aromatic N) is 1. The molecule has 0 radical (unpaired) electrons.